The number of nitrogen functional groups attached to an aromatic ring is 1. The van der Waals surface area contributed by atoms with Crippen LogP contribution in [0.15, 0.2) is 47.2 Å². The van der Waals surface area contributed by atoms with Gasteiger partial charge in [0.1, 0.15) is 11.5 Å². The molecule has 0 radical (unpaired) electrons. The van der Waals surface area contributed by atoms with Crippen molar-refractivity contribution in [2.75, 3.05) is 7.11 Å². The Kier molecular flexibility index (Phi) is 3.37. The fourth-order valence-electron chi connectivity index (χ4n) is 2.41. The van der Waals surface area contributed by atoms with Crippen LogP contribution >= 0.6 is 0 Å². The Morgan fingerprint density at radius 2 is 2.24 bits per heavy atom. The number of rotatable bonds is 4. The van der Waals surface area contributed by atoms with Gasteiger partial charge >= 0.3 is 0 Å². The van der Waals surface area contributed by atoms with Crippen LogP contribution in [0.2, 0.25) is 0 Å². The molecule has 0 saturated heterocycles. The number of hydrogen-bond acceptors (Lipinski definition) is 4. The van der Waals surface area contributed by atoms with Crippen molar-refractivity contribution in [2.45, 2.75) is 6.54 Å². The van der Waals surface area contributed by atoms with Crippen molar-refractivity contribution in [3.05, 3.63) is 54.1 Å². The number of furan rings is 1. The van der Waals surface area contributed by atoms with Gasteiger partial charge in [0, 0.05) is 11.6 Å². The number of carbonyl (C=O) groups excluding carboxylic acids is 1. The van der Waals surface area contributed by atoms with E-state index in [0.29, 0.717) is 17.9 Å². The molecule has 0 bridgehead atoms. The van der Waals surface area contributed by atoms with Crippen LogP contribution in [0.25, 0.3) is 10.9 Å². The summed E-state index contributed by atoms with van der Waals surface area (Å²) >= 11 is 0. The van der Waals surface area contributed by atoms with Gasteiger partial charge < -0.3 is 13.7 Å². The third-order valence-electron chi connectivity index (χ3n) is 3.43. The summed E-state index contributed by atoms with van der Waals surface area (Å²) in [5, 5.41) is 1.01. The summed E-state index contributed by atoms with van der Waals surface area (Å²) in [6, 6.07) is 9.40. The smallest absolute Gasteiger partial charge is 0.268 e. The Bertz CT molecular complexity index is 788. The Morgan fingerprint density at radius 1 is 1.38 bits per heavy atom. The fraction of sp³-hybridized carbons (Fsp3) is 0.133. The summed E-state index contributed by atoms with van der Waals surface area (Å²) in [6.45, 7) is 0.437. The number of nitrogens with one attached hydrogen (secondary N) is 1. The van der Waals surface area contributed by atoms with Crippen LogP contribution in [0, 0.1) is 0 Å². The van der Waals surface area contributed by atoms with Crippen LogP contribution in [-0.2, 0) is 6.54 Å². The maximum Gasteiger partial charge on any atom is 0.268 e. The van der Waals surface area contributed by atoms with E-state index in [0.717, 1.165) is 16.7 Å². The lowest BCUT2D eigenvalue weighted by Gasteiger charge is -2.06. The van der Waals surface area contributed by atoms with Crippen molar-refractivity contribution in [3.63, 3.8) is 0 Å². The summed E-state index contributed by atoms with van der Waals surface area (Å²) in [7, 11) is 1.64. The van der Waals surface area contributed by atoms with E-state index in [1.54, 1.807) is 13.2 Å². The van der Waals surface area contributed by atoms with Crippen LogP contribution in [0.5, 0.6) is 5.75 Å². The first kappa shape index (κ1) is 13.3. The number of ether oxygens (including phenoxy) is 1. The standard InChI is InChI=1S/C15H15N3O3/c1-20-13-4-2-3-12-10(13)5-7-18(12)9-14-11(6-8-21-14)15(19)17-16/h2-8H,9,16H2,1H3,(H,17,19). The largest absolute Gasteiger partial charge is 0.496 e. The first-order valence-corrected chi connectivity index (χ1v) is 6.43. The lowest BCUT2D eigenvalue weighted by Crippen LogP contribution is -2.30. The first-order valence-electron chi connectivity index (χ1n) is 6.43. The highest BCUT2D eigenvalue weighted by Gasteiger charge is 2.15. The summed E-state index contributed by atoms with van der Waals surface area (Å²) < 4.78 is 12.7. The number of amides is 1. The van der Waals surface area contributed by atoms with Crippen LogP contribution in [0.1, 0.15) is 16.1 Å². The number of nitrogens with two attached hydrogens (primary N) is 1. The highest BCUT2D eigenvalue weighted by atomic mass is 16.5. The van der Waals surface area contributed by atoms with Crippen LogP contribution < -0.4 is 16.0 Å². The molecule has 3 aromatic rings. The minimum absolute atomic E-state index is 0.368. The third kappa shape index (κ3) is 2.25. The molecule has 6 heteroatoms. The van der Waals surface area contributed by atoms with Crippen LogP contribution in [0.4, 0.5) is 0 Å². The molecule has 6 nitrogen and oxygen atoms in total. The maximum atomic E-state index is 11.7. The molecule has 0 aliphatic carbocycles. The number of carbonyl (C=O) groups is 1. The molecule has 2 heterocycles. The van der Waals surface area contributed by atoms with Crippen molar-refractivity contribution in [3.8, 4) is 5.75 Å². The normalized spacial score (nSPS) is 10.8. The summed E-state index contributed by atoms with van der Waals surface area (Å²) in [6.07, 6.45) is 3.41. The van der Waals surface area contributed by atoms with E-state index in [2.05, 4.69) is 5.43 Å². The average molecular weight is 285 g/mol. The molecule has 0 spiro atoms. The summed E-state index contributed by atoms with van der Waals surface area (Å²) in [5.41, 5.74) is 3.55. The molecule has 1 amide bonds. The van der Waals surface area contributed by atoms with E-state index in [1.165, 1.54) is 6.26 Å². The molecule has 21 heavy (non-hydrogen) atoms. The SMILES string of the molecule is COc1cccc2c1ccn2Cc1occc1C(=O)NN. The number of hydrogen-bond donors (Lipinski definition) is 2. The Morgan fingerprint density at radius 3 is 3.00 bits per heavy atom. The Hall–Kier alpha value is -2.73. The highest BCUT2D eigenvalue weighted by Crippen LogP contribution is 2.27. The molecular formula is C15H15N3O3. The van der Waals surface area contributed by atoms with E-state index in [1.807, 2.05) is 35.0 Å². The van der Waals surface area contributed by atoms with Crippen molar-refractivity contribution in [1.29, 1.82) is 0 Å². The quantitative estimate of drug-likeness (QED) is 0.436. The predicted molar refractivity (Wildman–Crippen MR) is 78.0 cm³/mol. The fourth-order valence-corrected chi connectivity index (χ4v) is 2.41. The molecule has 2 aromatic heterocycles. The molecule has 3 rings (SSSR count). The molecule has 0 unspecified atom stereocenters. The minimum atomic E-state index is -0.368. The van der Waals surface area contributed by atoms with Gasteiger partial charge in [0.05, 0.1) is 31.0 Å². The minimum Gasteiger partial charge on any atom is -0.496 e. The second-order valence-corrected chi connectivity index (χ2v) is 4.57. The monoisotopic (exact) mass is 285 g/mol. The zero-order chi connectivity index (χ0) is 14.8. The van der Waals surface area contributed by atoms with Gasteiger partial charge in [-0.3, -0.25) is 10.2 Å². The van der Waals surface area contributed by atoms with Gasteiger partial charge in [-0.1, -0.05) is 6.07 Å². The number of fused-ring (bicyclic) bond motifs is 1. The summed E-state index contributed by atoms with van der Waals surface area (Å²) in [4.78, 5) is 11.7. The molecule has 0 atom stereocenters. The molecule has 1 aromatic carbocycles. The molecule has 0 aliphatic rings. The molecular weight excluding hydrogens is 270 g/mol. The van der Waals surface area contributed by atoms with E-state index < -0.39 is 0 Å². The number of benzene rings is 1. The van der Waals surface area contributed by atoms with Crippen LogP contribution in [0.3, 0.4) is 0 Å². The first-order chi connectivity index (χ1) is 10.2. The second-order valence-electron chi connectivity index (χ2n) is 4.57. The van der Waals surface area contributed by atoms with Crippen molar-refractivity contribution in [2.24, 2.45) is 5.84 Å². The molecule has 0 aliphatic heterocycles. The maximum absolute atomic E-state index is 11.7. The average Bonchev–Trinajstić information content (AvgIpc) is 3.14. The third-order valence-corrected chi connectivity index (χ3v) is 3.43. The van der Waals surface area contributed by atoms with Gasteiger partial charge in [-0.2, -0.15) is 0 Å². The van der Waals surface area contributed by atoms with Crippen LogP contribution in [-0.4, -0.2) is 17.6 Å². The van der Waals surface area contributed by atoms with Gasteiger partial charge in [-0.05, 0) is 24.3 Å². The van der Waals surface area contributed by atoms with E-state index in [9.17, 15) is 4.79 Å². The van der Waals surface area contributed by atoms with Gasteiger partial charge in [-0.25, -0.2) is 5.84 Å². The topological polar surface area (TPSA) is 82.4 Å². The van der Waals surface area contributed by atoms with Gasteiger partial charge in [0.15, 0.2) is 0 Å². The number of methoxy groups -OCH3 is 1. The van der Waals surface area contributed by atoms with E-state index in [4.69, 9.17) is 15.0 Å². The van der Waals surface area contributed by atoms with Crippen molar-refractivity contribution < 1.29 is 13.9 Å². The zero-order valence-corrected chi connectivity index (χ0v) is 11.5. The lowest BCUT2D eigenvalue weighted by atomic mass is 10.2. The summed E-state index contributed by atoms with van der Waals surface area (Å²) in [5.74, 6) is 6.17. The van der Waals surface area contributed by atoms with Crippen molar-refractivity contribution in [1.82, 2.24) is 9.99 Å². The Labute approximate surface area is 121 Å². The Balaban J connectivity index is 2.00. The van der Waals surface area contributed by atoms with Gasteiger partial charge in [0.25, 0.3) is 5.91 Å². The second kappa shape index (κ2) is 5.34. The van der Waals surface area contributed by atoms with Crippen molar-refractivity contribution >= 4 is 16.8 Å². The lowest BCUT2D eigenvalue weighted by molar-refractivity contribution is 0.0951. The molecule has 0 fully saturated rings. The highest BCUT2D eigenvalue weighted by molar-refractivity contribution is 5.94. The zero-order valence-electron chi connectivity index (χ0n) is 11.5. The van der Waals surface area contributed by atoms with E-state index >= 15 is 0 Å². The molecule has 108 valence electrons. The number of hydrazine groups is 1. The molecule has 0 saturated carbocycles. The predicted octanol–water partition coefficient (Wildman–Crippen LogP) is 1.89. The molecule has 3 N–H and O–H groups in total. The van der Waals surface area contributed by atoms with Gasteiger partial charge in [0.2, 0.25) is 0 Å². The number of nitrogens with zero attached hydrogens (tertiary/aromatic N) is 1. The van der Waals surface area contributed by atoms with Gasteiger partial charge in [-0.15, -0.1) is 0 Å². The number of aromatic nitrogens is 1. The van der Waals surface area contributed by atoms with E-state index in [-0.39, 0.29) is 5.91 Å².